The minimum Gasteiger partial charge on any atom is -0.439 e. The summed E-state index contributed by atoms with van der Waals surface area (Å²) in [6.07, 6.45) is 2.59. The maximum atomic E-state index is 5.88. The molecule has 0 amide bonds. The molecule has 0 fully saturated rings. The molecule has 1 aliphatic heterocycles. The fourth-order valence-electron chi connectivity index (χ4n) is 2.70. The summed E-state index contributed by atoms with van der Waals surface area (Å²) >= 11 is 0. The van der Waals surface area contributed by atoms with Gasteiger partial charge in [-0.2, -0.15) is 0 Å². The monoisotopic (exact) mass is 292 g/mol. The van der Waals surface area contributed by atoms with Crippen molar-refractivity contribution in [2.45, 2.75) is 19.9 Å². The zero-order chi connectivity index (χ0) is 14.9. The van der Waals surface area contributed by atoms with E-state index in [1.54, 1.807) is 6.20 Å². The van der Waals surface area contributed by atoms with Gasteiger partial charge in [0.25, 0.3) is 0 Å². The molecule has 3 aromatic rings. The molecule has 5 nitrogen and oxygen atoms in total. The fraction of sp³-hybridized carbons (Fsp3) is 0.235. The number of hydrogen-bond acceptors (Lipinski definition) is 5. The topological polar surface area (TPSA) is 55.1 Å². The summed E-state index contributed by atoms with van der Waals surface area (Å²) in [6.45, 7) is 3.62. The van der Waals surface area contributed by atoms with E-state index in [1.807, 2.05) is 43.3 Å². The summed E-state index contributed by atoms with van der Waals surface area (Å²) < 4.78 is 5.88. The highest BCUT2D eigenvalue weighted by Crippen LogP contribution is 2.27. The van der Waals surface area contributed by atoms with Gasteiger partial charge in [0.2, 0.25) is 5.89 Å². The van der Waals surface area contributed by atoms with Crippen molar-refractivity contribution < 1.29 is 4.42 Å². The van der Waals surface area contributed by atoms with Crippen molar-refractivity contribution in [2.24, 2.45) is 0 Å². The Balaban J connectivity index is 1.63. The van der Waals surface area contributed by atoms with Crippen molar-refractivity contribution in [2.75, 3.05) is 11.4 Å². The first-order valence-electron chi connectivity index (χ1n) is 7.38. The second-order valence-electron chi connectivity index (χ2n) is 5.41. The number of aryl methyl sites for hydroxylation is 1. The molecule has 0 saturated heterocycles. The summed E-state index contributed by atoms with van der Waals surface area (Å²) in [4.78, 5) is 15.7. The fourth-order valence-corrected chi connectivity index (χ4v) is 2.70. The smallest absolute Gasteiger partial charge is 0.245 e. The number of rotatable bonds is 2. The van der Waals surface area contributed by atoms with E-state index >= 15 is 0 Å². The lowest BCUT2D eigenvalue weighted by molar-refractivity contribution is 0.497. The molecule has 0 bridgehead atoms. The summed E-state index contributed by atoms with van der Waals surface area (Å²) in [5.74, 6) is 2.56. The Kier molecular flexibility index (Phi) is 3.11. The molecular weight excluding hydrogens is 276 g/mol. The molecule has 110 valence electrons. The molecule has 0 aromatic carbocycles. The van der Waals surface area contributed by atoms with Crippen LogP contribution in [0.5, 0.6) is 0 Å². The highest BCUT2D eigenvalue weighted by molar-refractivity contribution is 5.49. The number of hydrogen-bond donors (Lipinski definition) is 0. The molecule has 0 unspecified atom stereocenters. The number of anilines is 1. The molecule has 4 rings (SSSR count). The third-order valence-electron chi connectivity index (χ3n) is 3.81. The van der Waals surface area contributed by atoms with Crippen LogP contribution in [0.4, 0.5) is 5.82 Å². The van der Waals surface area contributed by atoms with E-state index in [1.165, 1.54) is 0 Å². The van der Waals surface area contributed by atoms with Gasteiger partial charge in [0.1, 0.15) is 23.0 Å². The molecule has 4 heterocycles. The van der Waals surface area contributed by atoms with Crippen molar-refractivity contribution >= 4 is 5.82 Å². The van der Waals surface area contributed by atoms with E-state index in [2.05, 4.69) is 19.9 Å². The van der Waals surface area contributed by atoms with E-state index in [9.17, 15) is 0 Å². The van der Waals surface area contributed by atoms with Crippen LogP contribution >= 0.6 is 0 Å². The maximum absolute atomic E-state index is 5.88. The molecule has 0 aliphatic carbocycles. The number of fused-ring (bicyclic) bond motifs is 1. The molecule has 0 atom stereocenters. The summed E-state index contributed by atoms with van der Waals surface area (Å²) in [7, 11) is 0. The molecule has 0 spiro atoms. The average Bonchev–Trinajstić information content (AvgIpc) is 2.99. The van der Waals surface area contributed by atoms with Gasteiger partial charge in [-0.05, 0) is 31.2 Å². The largest absolute Gasteiger partial charge is 0.439 e. The van der Waals surface area contributed by atoms with E-state index < -0.39 is 0 Å². The van der Waals surface area contributed by atoms with Crippen LogP contribution in [0.25, 0.3) is 11.6 Å². The van der Waals surface area contributed by atoms with E-state index in [0.29, 0.717) is 5.89 Å². The van der Waals surface area contributed by atoms with Crippen LogP contribution in [0.15, 0.2) is 47.0 Å². The predicted octanol–water partition coefficient (Wildman–Crippen LogP) is 3.00. The average molecular weight is 292 g/mol. The molecule has 3 aromatic heterocycles. The Labute approximate surface area is 128 Å². The SMILES string of the molecule is Cc1cccc(N2CCc3oc(-c4ccccn4)nc3C2)n1. The molecular formula is C17H16N4O. The maximum Gasteiger partial charge on any atom is 0.245 e. The number of oxazole rings is 1. The van der Waals surface area contributed by atoms with Crippen molar-refractivity contribution in [3.05, 3.63) is 59.7 Å². The summed E-state index contributed by atoms with van der Waals surface area (Å²) in [5, 5.41) is 0. The summed E-state index contributed by atoms with van der Waals surface area (Å²) in [6, 6.07) is 11.8. The lowest BCUT2D eigenvalue weighted by atomic mass is 10.1. The van der Waals surface area contributed by atoms with Crippen LogP contribution in [0.3, 0.4) is 0 Å². The van der Waals surface area contributed by atoms with Gasteiger partial charge in [-0.25, -0.2) is 9.97 Å². The lowest BCUT2D eigenvalue weighted by Crippen LogP contribution is -2.30. The number of pyridine rings is 2. The highest BCUT2D eigenvalue weighted by atomic mass is 16.4. The second-order valence-corrected chi connectivity index (χ2v) is 5.41. The normalized spacial score (nSPS) is 14.0. The Morgan fingerprint density at radius 2 is 2.05 bits per heavy atom. The Bertz CT molecular complexity index is 797. The zero-order valence-corrected chi connectivity index (χ0v) is 12.4. The van der Waals surface area contributed by atoms with Crippen LogP contribution in [0, 0.1) is 6.92 Å². The molecule has 0 N–H and O–H groups in total. The zero-order valence-electron chi connectivity index (χ0n) is 12.4. The van der Waals surface area contributed by atoms with Crippen LogP contribution in [-0.4, -0.2) is 21.5 Å². The van der Waals surface area contributed by atoms with Crippen LogP contribution in [0.2, 0.25) is 0 Å². The molecule has 22 heavy (non-hydrogen) atoms. The van der Waals surface area contributed by atoms with Crippen LogP contribution in [0.1, 0.15) is 17.1 Å². The Morgan fingerprint density at radius 1 is 1.09 bits per heavy atom. The van der Waals surface area contributed by atoms with Gasteiger partial charge >= 0.3 is 0 Å². The van der Waals surface area contributed by atoms with Gasteiger partial charge in [0.15, 0.2) is 0 Å². The van der Waals surface area contributed by atoms with Crippen molar-refractivity contribution in [3.8, 4) is 11.6 Å². The van der Waals surface area contributed by atoms with Crippen molar-refractivity contribution in [3.63, 3.8) is 0 Å². The first-order valence-corrected chi connectivity index (χ1v) is 7.38. The molecule has 0 saturated carbocycles. The Morgan fingerprint density at radius 3 is 2.86 bits per heavy atom. The van der Waals surface area contributed by atoms with Crippen molar-refractivity contribution in [1.82, 2.24) is 15.0 Å². The van der Waals surface area contributed by atoms with Gasteiger partial charge in [-0.3, -0.25) is 4.98 Å². The first-order chi connectivity index (χ1) is 10.8. The third-order valence-corrected chi connectivity index (χ3v) is 3.81. The molecule has 0 radical (unpaired) electrons. The standard InChI is InChI=1S/C17H16N4O/c1-12-5-4-7-16(19-12)21-10-8-15-14(11-21)20-17(22-15)13-6-2-3-9-18-13/h2-7,9H,8,10-11H2,1H3. The van der Waals surface area contributed by atoms with E-state index in [4.69, 9.17) is 4.42 Å². The molecule has 1 aliphatic rings. The summed E-state index contributed by atoms with van der Waals surface area (Å²) in [5.41, 5.74) is 2.78. The quantitative estimate of drug-likeness (QED) is 0.726. The van der Waals surface area contributed by atoms with Gasteiger partial charge in [-0.1, -0.05) is 12.1 Å². The van der Waals surface area contributed by atoms with Gasteiger partial charge < -0.3 is 9.32 Å². The minimum absolute atomic E-state index is 0.602. The highest BCUT2D eigenvalue weighted by Gasteiger charge is 2.23. The number of nitrogens with zero attached hydrogens (tertiary/aromatic N) is 4. The third kappa shape index (κ3) is 2.35. The van der Waals surface area contributed by atoms with E-state index in [-0.39, 0.29) is 0 Å². The van der Waals surface area contributed by atoms with Gasteiger partial charge in [0.05, 0.1) is 6.54 Å². The van der Waals surface area contributed by atoms with Gasteiger partial charge in [-0.15, -0.1) is 0 Å². The van der Waals surface area contributed by atoms with Crippen LogP contribution < -0.4 is 4.90 Å². The van der Waals surface area contributed by atoms with E-state index in [0.717, 1.165) is 48.2 Å². The lowest BCUT2D eigenvalue weighted by Gasteiger charge is -2.26. The molecule has 5 heteroatoms. The predicted molar refractivity (Wildman–Crippen MR) is 83.5 cm³/mol. The Hall–Kier alpha value is -2.69. The first kappa shape index (κ1) is 13.0. The van der Waals surface area contributed by atoms with Crippen molar-refractivity contribution in [1.29, 1.82) is 0 Å². The van der Waals surface area contributed by atoms with Crippen LogP contribution in [-0.2, 0) is 13.0 Å². The second kappa shape index (κ2) is 5.26. The van der Waals surface area contributed by atoms with Gasteiger partial charge in [0, 0.05) is 24.9 Å². The minimum atomic E-state index is 0.602. The number of aromatic nitrogens is 3.